The van der Waals surface area contributed by atoms with Gasteiger partial charge >= 0.3 is 0 Å². The van der Waals surface area contributed by atoms with Gasteiger partial charge in [-0.3, -0.25) is 0 Å². The second-order valence-electron chi connectivity index (χ2n) is 3.60. The standard InChI is InChI=1S/C11H13N3O2S/c12-7-1-2-9-10(3-7)13-6-14-11(9)17-5-8(16)4-15/h1-3,6,8,15-16H,4-5,12H2. The van der Waals surface area contributed by atoms with Gasteiger partial charge in [-0.05, 0) is 18.2 Å². The summed E-state index contributed by atoms with van der Waals surface area (Å²) in [6.45, 7) is -0.247. The Bertz CT molecular complexity index is 521. The molecule has 2 aromatic rings. The molecule has 1 unspecified atom stereocenters. The van der Waals surface area contributed by atoms with E-state index in [2.05, 4.69) is 9.97 Å². The highest BCUT2D eigenvalue weighted by Crippen LogP contribution is 2.25. The van der Waals surface area contributed by atoms with Gasteiger partial charge in [0.25, 0.3) is 0 Å². The van der Waals surface area contributed by atoms with Gasteiger partial charge in [0.15, 0.2) is 0 Å². The zero-order valence-corrected chi connectivity index (χ0v) is 9.89. The summed E-state index contributed by atoms with van der Waals surface area (Å²) < 4.78 is 0. The summed E-state index contributed by atoms with van der Waals surface area (Å²) in [6.07, 6.45) is 0.730. The molecule has 0 amide bonds. The Morgan fingerprint density at radius 2 is 2.18 bits per heavy atom. The number of aliphatic hydroxyl groups excluding tert-OH is 2. The van der Waals surface area contributed by atoms with E-state index in [1.54, 1.807) is 12.1 Å². The average molecular weight is 251 g/mol. The van der Waals surface area contributed by atoms with Crippen LogP contribution in [0, 0.1) is 0 Å². The predicted octanol–water partition coefficient (Wildman–Crippen LogP) is 0.657. The van der Waals surface area contributed by atoms with Crippen molar-refractivity contribution in [3.63, 3.8) is 0 Å². The molecule has 0 saturated carbocycles. The first kappa shape index (κ1) is 12.1. The van der Waals surface area contributed by atoms with Crippen LogP contribution in [0.2, 0.25) is 0 Å². The number of nitrogen functional groups attached to an aromatic ring is 1. The lowest BCUT2D eigenvalue weighted by molar-refractivity contribution is 0.113. The highest BCUT2D eigenvalue weighted by atomic mass is 32.2. The molecule has 1 heterocycles. The van der Waals surface area contributed by atoms with Crippen molar-refractivity contribution in [1.82, 2.24) is 9.97 Å². The molecule has 0 saturated heterocycles. The first-order valence-electron chi connectivity index (χ1n) is 5.12. The molecule has 90 valence electrons. The fraction of sp³-hybridized carbons (Fsp3) is 0.273. The van der Waals surface area contributed by atoms with E-state index in [4.69, 9.17) is 10.8 Å². The molecule has 0 fully saturated rings. The predicted molar refractivity (Wildman–Crippen MR) is 67.8 cm³/mol. The number of nitrogens with zero attached hydrogens (tertiary/aromatic N) is 2. The normalized spacial score (nSPS) is 12.8. The third-order valence-electron chi connectivity index (χ3n) is 2.25. The maximum atomic E-state index is 9.30. The molecule has 1 aromatic heterocycles. The van der Waals surface area contributed by atoms with Crippen LogP contribution in [0.25, 0.3) is 10.9 Å². The minimum atomic E-state index is -0.737. The molecule has 0 aliphatic heterocycles. The van der Waals surface area contributed by atoms with Crippen molar-refractivity contribution < 1.29 is 10.2 Å². The summed E-state index contributed by atoms with van der Waals surface area (Å²) in [4.78, 5) is 8.29. The van der Waals surface area contributed by atoms with Crippen molar-refractivity contribution in [1.29, 1.82) is 0 Å². The van der Waals surface area contributed by atoms with Gasteiger partial charge in [0, 0.05) is 16.8 Å². The lowest BCUT2D eigenvalue weighted by Crippen LogP contribution is -2.14. The van der Waals surface area contributed by atoms with Crippen LogP contribution in [0.15, 0.2) is 29.6 Å². The lowest BCUT2D eigenvalue weighted by Gasteiger charge is -2.08. The molecule has 0 radical (unpaired) electrons. The molecule has 4 N–H and O–H groups in total. The number of nitrogens with two attached hydrogens (primary N) is 1. The summed E-state index contributed by atoms with van der Waals surface area (Å²) in [5.74, 6) is 0.396. The summed E-state index contributed by atoms with van der Waals surface area (Å²) in [6, 6.07) is 5.43. The van der Waals surface area contributed by atoms with E-state index in [1.807, 2.05) is 6.07 Å². The molecule has 6 heteroatoms. The number of fused-ring (bicyclic) bond motifs is 1. The van der Waals surface area contributed by atoms with Gasteiger partial charge < -0.3 is 15.9 Å². The van der Waals surface area contributed by atoms with E-state index < -0.39 is 6.10 Å². The van der Waals surface area contributed by atoms with E-state index in [-0.39, 0.29) is 6.61 Å². The van der Waals surface area contributed by atoms with Gasteiger partial charge in [-0.15, -0.1) is 11.8 Å². The van der Waals surface area contributed by atoms with Crippen molar-refractivity contribution >= 4 is 28.4 Å². The minimum absolute atomic E-state index is 0.247. The van der Waals surface area contributed by atoms with Crippen LogP contribution in [-0.2, 0) is 0 Å². The molecule has 0 aliphatic rings. The van der Waals surface area contributed by atoms with Crippen molar-refractivity contribution in [2.45, 2.75) is 11.1 Å². The molecular weight excluding hydrogens is 238 g/mol. The Hall–Kier alpha value is -1.37. The monoisotopic (exact) mass is 251 g/mol. The topological polar surface area (TPSA) is 92.3 Å². The number of hydrogen-bond donors (Lipinski definition) is 3. The highest BCUT2D eigenvalue weighted by Gasteiger charge is 2.08. The molecule has 0 bridgehead atoms. The van der Waals surface area contributed by atoms with Crippen molar-refractivity contribution in [2.24, 2.45) is 0 Å². The molecule has 0 aliphatic carbocycles. The van der Waals surface area contributed by atoms with Crippen LogP contribution >= 0.6 is 11.8 Å². The zero-order chi connectivity index (χ0) is 12.3. The number of aromatic nitrogens is 2. The summed E-state index contributed by atoms with van der Waals surface area (Å²) in [5, 5.41) is 19.7. The number of aliphatic hydroxyl groups is 2. The molecule has 5 nitrogen and oxygen atoms in total. The fourth-order valence-electron chi connectivity index (χ4n) is 1.39. The van der Waals surface area contributed by atoms with E-state index >= 15 is 0 Å². The van der Waals surface area contributed by atoms with E-state index in [0.717, 1.165) is 15.9 Å². The SMILES string of the molecule is Nc1ccc2c(SCC(O)CO)ncnc2c1. The van der Waals surface area contributed by atoms with Crippen LogP contribution in [0.3, 0.4) is 0 Å². The van der Waals surface area contributed by atoms with Gasteiger partial charge in [0.05, 0.1) is 18.2 Å². The van der Waals surface area contributed by atoms with Crippen molar-refractivity contribution in [2.75, 3.05) is 18.1 Å². The largest absolute Gasteiger partial charge is 0.399 e. The van der Waals surface area contributed by atoms with Gasteiger partial charge in [0.2, 0.25) is 0 Å². The quantitative estimate of drug-likeness (QED) is 0.420. The van der Waals surface area contributed by atoms with Crippen LogP contribution < -0.4 is 5.73 Å². The second kappa shape index (κ2) is 5.31. The second-order valence-corrected chi connectivity index (χ2v) is 4.61. The molecular formula is C11H13N3O2S. The zero-order valence-electron chi connectivity index (χ0n) is 9.08. The molecule has 0 spiro atoms. The molecule has 17 heavy (non-hydrogen) atoms. The number of thioether (sulfide) groups is 1. The van der Waals surface area contributed by atoms with E-state index in [1.165, 1.54) is 18.1 Å². The van der Waals surface area contributed by atoms with Crippen LogP contribution in [-0.4, -0.2) is 38.6 Å². The van der Waals surface area contributed by atoms with E-state index in [9.17, 15) is 5.11 Å². The van der Waals surface area contributed by atoms with Crippen molar-refractivity contribution in [3.05, 3.63) is 24.5 Å². The Kier molecular flexibility index (Phi) is 3.78. The van der Waals surface area contributed by atoms with Crippen LogP contribution in [0.5, 0.6) is 0 Å². The Labute approximate surface area is 103 Å². The molecule has 1 aromatic carbocycles. The molecule has 1 atom stereocenters. The average Bonchev–Trinajstić information content (AvgIpc) is 2.35. The van der Waals surface area contributed by atoms with Gasteiger partial charge in [-0.25, -0.2) is 9.97 Å². The van der Waals surface area contributed by atoms with Crippen LogP contribution in [0.1, 0.15) is 0 Å². The van der Waals surface area contributed by atoms with Crippen LogP contribution in [0.4, 0.5) is 5.69 Å². The first-order valence-corrected chi connectivity index (χ1v) is 6.11. The van der Waals surface area contributed by atoms with E-state index in [0.29, 0.717) is 11.4 Å². The summed E-state index contributed by atoms with van der Waals surface area (Å²) in [7, 11) is 0. The highest BCUT2D eigenvalue weighted by molar-refractivity contribution is 7.99. The smallest absolute Gasteiger partial charge is 0.117 e. The number of rotatable bonds is 4. The Morgan fingerprint density at radius 3 is 2.94 bits per heavy atom. The first-order chi connectivity index (χ1) is 8.20. The number of hydrogen-bond acceptors (Lipinski definition) is 6. The number of benzene rings is 1. The van der Waals surface area contributed by atoms with Crippen molar-refractivity contribution in [3.8, 4) is 0 Å². The Balaban J connectivity index is 2.28. The van der Waals surface area contributed by atoms with Gasteiger partial charge in [-0.2, -0.15) is 0 Å². The fourth-order valence-corrected chi connectivity index (χ4v) is 2.30. The molecule has 2 rings (SSSR count). The summed E-state index contributed by atoms with van der Waals surface area (Å²) in [5.41, 5.74) is 7.11. The minimum Gasteiger partial charge on any atom is -0.399 e. The lowest BCUT2D eigenvalue weighted by atomic mass is 10.2. The Morgan fingerprint density at radius 1 is 1.35 bits per heavy atom. The maximum absolute atomic E-state index is 9.30. The third-order valence-corrected chi connectivity index (χ3v) is 3.40. The van der Waals surface area contributed by atoms with Gasteiger partial charge in [0.1, 0.15) is 11.4 Å². The van der Waals surface area contributed by atoms with Gasteiger partial charge in [-0.1, -0.05) is 0 Å². The summed E-state index contributed by atoms with van der Waals surface area (Å²) >= 11 is 1.39. The number of anilines is 1. The maximum Gasteiger partial charge on any atom is 0.117 e. The third kappa shape index (κ3) is 2.85.